The van der Waals surface area contributed by atoms with Crippen LogP contribution in [0.4, 0.5) is 0 Å². The second-order valence-electron chi connectivity index (χ2n) is 1.77. The van der Waals surface area contributed by atoms with Gasteiger partial charge in [-0.15, -0.1) is 0 Å². The summed E-state index contributed by atoms with van der Waals surface area (Å²) < 4.78 is 0. The molecule has 0 fully saturated rings. The molecule has 0 aliphatic rings. The minimum Gasteiger partial charge on any atom is -0.359 e. The van der Waals surface area contributed by atoms with Crippen LogP contribution in [0, 0.1) is 0 Å². The second kappa shape index (κ2) is 6.61. The molecule has 0 unspecified atom stereocenters. The van der Waals surface area contributed by atoms with Crippen LogP contribution in [-0.2, 0) is 9.59 Å². The van der Waals surface area contributed by atoms with Gasteiger partial charge >= 0.3 is 0 Å². The molecule has 0 bridgehead atoms. The average Bonchev–Trinajstić information content (AvgIpc) is 1.87. The smallest absolute Gasteiger partial charge is 0.207 e. The number of thioether (sulfide) groups is 1. The Morgan fingerprint density at radius 1 is 1.70 bits per heavy atom. The third-order valence-corrected chi connectivity index (χ3v) is 1.75. The number of amides is 1. The van der Waals surface area contributed by atoms with E-state index >= 15 is 0 Å². The lowest BCUT2D eigenvalue weighted by molar-refractivity contribution is -0.110. The molecule has 0 atom stereocenters. The maximum atomic E-state index is 10.3. The van der Waals surface area contributed by atoms with E-state index in [0.29, 0.717) is 13.0 Å². The minimum atomic E-state index is 0.131. The van der Waals surface area contributed by atoms with E-state index in [1.54, 1.807) is 0 Å². The molecule has 0 aliphatic carbocycles. The molecule has 3 nitrogen and oxygen atoms in total. The largest absolute Gasteiger partial charge is 0.359 e. The van der Waals surface area contributed by atoms with Crippen LogP contribution in [0.1, 0.15) is 13.3 Å². The van der Waals surface area contributed by atoms with Gasteiger partial charge in [-0.1, -0.05) is 11.8 Å². The van der Waals surface area contributed by atoms with E-state index in [9.17, 15) is 9.59 Å². The van der Waals surface area contributed by atoms with Crippen molar-refractivity contribution in [3.8, 4) is 0 Å². The van der Waals surface area contributed by atoms with Crippen molar-refractivity contribution in [1.29, 1.82) is 0 Å². The van der Waals surface area contributed by atoms with Gasteiger partial charge < -0.3 is 5.32 Å². The van der Waals surface area contributed by atoms with Crippen LogP contribution in [0.3, 0.4) is 0 Å². The number of carbonyl (C=O) groups is 2. The molecule has 0 heterocycles. The molecule has 0 aromatic carbocycles. The predicted octanol–water partition coefficient (Wildman–Crippen LogP) is 0.402. The molecule has 10 heavy (non-hydrogen) atoms. The van der Waals surface area contributed by atoms with Gasteiger partial charge in [-0.25, -0.2) is 0 Å². The Balaban J connectivity index is 2.90. The zero-order valence-corrected chi connectivity index (χ0v) is 6.74. The summed E-state index contributed by atoms with van der Waals surface area (Å²) in [6, 6.07) is 0. The molecule has 0 aromatic rings. The molecule has 1 N–H and O–H groups in total. The number of nitrogens with one attached hydrogen (secondary N) is 1. The highest BCUT2D eigenvalue weighted by Crippen LogP contribution is 2.01. The normalized spacial score (nSPS) is 8.90. The van der Waals surface area contributed by atoms with Gasteiger partial charge in [-0.05, 0) is 6.42 Å². The molecule has 58 valence electrons. The van der Waals surface area contributed by atoms with Crippen LogP contribution in [0.2, 0.25) is 0 Å². The molecule has 0 spiro atoms. The van der Waals surface area contributed by atoms with Gasteiger partial charge in [0, 0.05) is 19.2 Å². The zero-order valence-electron chi connectivity index (χ0n) is 5.92. The van der Waals surface area contributed by atoms with Gasteiger partial charge in [0.05, 0.1) is 0 Å². The molecule has 1 amide bonds. The average molecular weight is 161 g/mol. The van der Waals surface area contributed by atoms with E-state index in [2.05, 4.69) is 5.32 Å². The Morgan fingerprint density at radius 3 is 2.90 bits per heavy atom. The summed E-state index contributed by atoms with van der Waals surface area (Å²) in [6.45, 7) is 2.20. The molecule has 0 saturated heterocycles. The number of hydrogen-bond donors (Lipinski definition) is 1. The van der Waals surface area contributed by atoms with Crippen LogP contribution >= 0.6 is 11.8 Å². The van der Waals surface area contributed by atoms with Gasteiger partial charge in [-0.3, -0.25) is 9.59 Å². The quantitative estimate of drug-likeness (QED) is 0.469. The highest BCUT2D eigenvalue weighted by molar-refractivity contribution is 8.13. The number of carbonyl (C=O) groups excluding carboxylic acids is 2. The first-order valence-corrected chi connectivity index (χ1v) is 4.06. The maximum Gasteiger partial charge on any atom is 0.207 e. The Hall–Kier alpha value is -0.510. The SMILES string of the molecule is CC(=O)SCCCNC=O. The van der Waals surface area contributed by atoms with Gasteiger partial charge in [0.2, 0.25) is 6.41 Å². The predicted molar refractivity (Wildman–Crippen MR) is 41.8 cm³/mol. The van der Waals surface area contributed by atoms with Crippen LogP contribution in [0.15, 0.2) is 0 Å². The monoisotopic (exact) mass is 161 g/mol. The zero-order chi connectivity index (χ0) is 7.82. The van der Waals surface area contributed by atoms with E-state index in [0.717, 1.165) is 12.2 Å². The molecule has 0 saturated carbocycles. The fraction of sp³-hybridized carbons (Fsp3) is 0.667. The van der Waals surface area contributed by atoms with Gasteiger partial charge in [0.1, 0.15) is 0 Å². The first-order valence-electron chi connectivity index (χ1n) is 3.07. The highest BCUT2D eigenvalue weighted by atomic mass is 32.2. The molecule has 0 radical (unpaired) electrons. The molecular weight excluding hydrogens is 150 g/mol. The molecule has 0 rings (SSSR count). The topological polar surface area (TPSA) is 46.2 Å². The summed E-state index contributed by atoms with van der Waals surface area (Å²) in [4.78, 5) is 20.1. The number of hydrogen-bond acceptors (Lipinski definition) is 3. The van der Waals surface area contributed by atoms with Crippen molar-refractivity contribution in [2.75, 3.05) is 12.3 Å². The third kappa shape index (κ3) is 7.49. The van der Waals surface area contributed by atoms with Crippen molar-refractivity contribution in [2.45, 2.75) is 13.3 Å². The van der Waals surface area contributed by atoms with Gasteiger partial charge in [0.25, 0.3) is 0 Å². The first kappa shape index (κ1) is 9.49. The second-order valence-corrected chi connectivity index (χ2v) is 3.04. The van der Waals surface area contributed by atoms with Crippen molar-refractivity contribution in [1.82, 2.24) is 5.32 Å². The summed E-state index contributed by atoms with van der Waals surface area (Å²) in [7, 11) is 0. The van der Waals surface area contributed by atoms with E-state index < -0.39 is 0 Å². The Kier molecular flexibility index (Phi) is 6.27. The lowest BCUT2D eigenvalue weighted by Gasteiger charge is -1.95. The van der Waals surface area contributed by atoms with E-state index in [1.165, 1.54) is 18.7 Å². The van der Waals surface area contributed by atoms with Crippen LogP contribution < -0.4 is 5.32 Å². The summed E-state index contributed by atoms with van der Waals surface area (Å²) in [5.41, 5.74) is 0. The highest BCUT2D eigenvalue weighted by Gasteiger charge is 1.91. The fourth-order valence-corrected chi connectivity index (χ4v) is 1.03. The van der Waals surface area contributed by atoms with Crippen molar-refractivity contribution >= 4 is 23.3 Å². The van der Waals surface area contributed by atoms with Crippen molar-refractivity contribution in [3.05, 3.63) is 0 Å². The lowest BCUT2D eigenvalue weighted by atomic mass is 10.5. The molecule has 0 aromatic heterocycles. The summed E-state index contributed by atoms with van der Waals surface area (Å²) in [5, 5.41) is 2.65. The fourth-order valence-electron chi connectivity index (χ4n) is 0.449. The lowest BCUT2D eigenvalue weighted by Crippen LogP contribution is -2.12. The van der Waals surface area contributed by atoms with E-state index in [1.807, 2.05) is 0 Å². The Labute approximate surface area is 64.6 Å². The van der Waals surface area contributed by atoms with Crippen LogP contribution in [-0.4, -0.2) is 23.8 Å². The van der Waals surface area contributed by atoms with Gasteiger partial charge in [-0.2, -0.15) is 0 Å². The Bertz CT molecular complexity index is 116. The third-order valence-electron chi connectivity index (χ3n) is 0.854. The summed E-state index contributed by atoms with van der Waals surface area (Å²) in [5.74, 6) is 0.788. The summed E-state index contributed by atoms with van der Waals surface area (Å²) >= 11 is 1.29. The van der Waals surface area contributed by atoms with Crippen LogP contribution in [0.25, 0.3) is 0 Å². The first-order chi connectivity index (χ1) is 4.77. The number of rotatable bonds is 5. The van der Waals surface area contributed by atoms with Gasteiger partial charge in [0.15, 0.2) is 5.12 Å². The van der Waals surface area contributed by atoms with Crippen molar-refractivity contribution in [3.63, 3.8) is 0 Å². The van der Waals surface area contributed by atoms with E-state index in [-0.39, 0.29) is 5.12 Å². The Morgan fingerprint density at radius 2 is 2.40 bits per heavy atom. The molecule has 4 heteroatoms. The molecule has 0 aliphatic heterocycles. The minimum absolute atomic E-state index is 0.131. The summed E-state index contributed by atoms with van der Waals surface area (Å²) in [6.07, 6.45) is 1.52. The van der Waals surface area contributed by atoms with Crippen LogP contribution in [0.5, 0.6) is 0 Å². The maximum absolute atomic E-state index is 10.3. The van der Waals surface area contributed by atoms with E-state index in [4.69, 9.17) is 0 Å². The van der Waals surface area contributed by atoms with Crippen molar-refractivity contribution < 1.29 is 9.59 Å². The molecular formula is C6H11NO2S. The standard InChI is InChI=1S/C6H11NO2S/c1-6(9)10-4-2-3-7-5-8/h5H,2-4H2,1H3,(H,7,8). The van der Waals surface area contributed by atoms with Crippen molar-refractivity contribution in [2.24, 2.45) is 0 Å².